The van der Waals surface area contributed by atoms with Crippen molar-refractivity contribution in [3.63, 3.8) is 0 Å². The molecule has 2 heterocycles. The molecule has 1 aromatic heterocycles. The Morgan fingerprint density at radius 3 is 2.50 bits per heavy atom. The minimum atomic E-state index is -0.645. The fourth-order valence-corrected chi connectivity index (χ4v) is 3.91. The summed E-state index contributed by atoms with van der Waals surface area (Å²) in [5.41, 5.74) is 2.08. The van der Waals surface area contributed by atoms with E-state index < -0.39 is 11.5 Å². The second kappa shape index (κ2) is 9.00. The number of hydrogen-bond donors (Lipinski definition) is 2. The normalized spacial score (nSPS) is 15.8. The van der Waals surface area contributed by atoms with Gasteiger partial charge >= 0.3 is 0 Å². The zero-order valence-corrected chi connectivity index (χ0v) is 18.7. The average Bonchev–Trinajstić information content (AvgIpc) is 2.89. The van der Waals surface area contributed by atoms with Crippen LogP contribution in [0.2, 0.25) is 0 Å². The largest absolute Gasteiger partial charge is 0.357 e. The Hall–Kier alpha value is -2.67. The third kappa shape index (κ3) is 4.90. The van der Waals surface area contributed by atoms with Crippen LogP contribution in [0.25, 0.3) is 0 Å². The summed E-state index contributed by atoms with van der Waals surface area (Å²) in [6.07, 6.45) is 1.68. The first-order chi connectivity index (χ1) is 14.2. The van der Waals surface area contributed by atoms with Gasteiger partial charge in [0.05, 0.1) is 5.69 Å². The van der Waals surface area contributed by atoms with Gasteiger partial charge in [-0.3, -0.25) is 9.59 Å². The smallest absolute Gasteiger partial charge is 0.272 e. The zero-order chi connectivity index (χ0) is 21.9. The van der Waals surface area contributed by atoms with E-state index in [4.69, 9.17) is 4.98 Å². The molecule has 0 aliphatic carbocycles. The molecule has 162 valence electrons. The van der Waals surface area contributed by atoms with Crippen LogP contribution in [0, 0.1) is 5.41 Å². The Morgan fingerprint density at radius 2 is 1.87 bits per heavy atom. The lowest BCUT2D eigenvalue weighted by atomic mass is 9.86. The van der Waals surface area contributed by atoms with Crippen LogP contribution < -0.4 is 10.6 Å². The summed E-state index contributed by atoms with van der Waals surface area (Å²) in [7, 11) is 3.65. The van der Waals surface area contributed by atoms with E-state index in [2.05, 4.69) is 39.3 Å². The first-order valence-electron chi connectivity index (χ1n) is 10.5. The van der Waals surface area contributed by atoms with Gasteiger partial charge in [-0.1, -0.05) is 51.1 Å². The van der Waals surface area contributed by atoms with Gasteiger partial charge in [-0.05, 0) is 31.0 Å². The number of likely N-dealkylation sites (N-methyl/N-ethyl adjacent to an activating group) is 1. The van der Waals surface area contributed by atoms with Gasteiger partial charge in [-0.2, -0.15) is 0 Å². The summed E-state index contributed by atoms with van der Waals surface area (Å²) in [5.74, 6) is 0.392. The number of benzene rings is 1. The van der Waals surface area contributed by atoms with E-state index in [1.54, 1.807) is 7.05 Å². The predicted octanol–water partition coefficient (Wildman–Crippen LogP) is 2.20. The van der Waals surface area contributed by atoms with E-state index in [0.29, 0.717) is 18.7 Å². The molecule has 0 saturated heterocycles. The number of amides is 2. The van der Waals surface area contributed by atoms with Crippen LogP contribution in [0.1, 0.15) is 54.8 Å². The van der Waals surface area contributed by atoms with Crippen LogP contribution in [0.15, 0.2) is 30.3 Å². The summed E-state index contributed by atoms with van der Waals surface area (Å²) < 4.78 is 2.19. The highest BCUT2D eigenvalue weighted by Crippen LogP contribution is 2.23. The van der Waals surface area contributed by atoms with Gasteiger partial charge in [-0.15, -0.1) is 0 Å². The van der Waals surface area contributed by atoms with Gasteiger partial charge in [0.25, 0.3) is 5.91 Å². The molecule has 1 aliphatic rings. The van der Waals surface area contributed by atoms with E-state index in [1.165, 1.54) is 0 Å². The monoisotopic (exact) mass is 411 g/mol. The molecule has 2 aromatic rings. The maximum atomic E-state index is 13.3. The second-order valence-electron chi connectivity index (χ2n) is 9.12. The maximum Gasteiger partial charge on any atom is 0.272 e. The van der Waals surface area contributed by atoms with E-state index in [0.717, 1.165) is 36.6 Å². The molecule has 2 amide bonds. The summed E-state index contributed by atoms with van der Waals surface area (Å²) in [4.78, 5) is 32.7. The summed E-state index contributed by atoms with van der Waals surface area (Å²) in [5, 5.41) is 5.60. The highest BCUT2D eigenvalue weighted by atomic mass is 16.2. The molecule has 0 bridgehead atoms. The average molecular weight is 412 g/mol. The van der Waals surface area contributed by atoms with Crippen molar-refractivity contribution in [1.29, 1.82) is 0 Å². The first kappa shape index (κ1) is 22.0. The van der Waals surface area contributed by atoms with Crippen LogP contribution >= 0.6 is 0 Å². The number of imidazole rings is 1. The van der Waals surface area contributed by atoms with Gasteiger partial charge in [0.2, 0.25) is 5.91 Å². The highest BCUT2D eigenvalue weighted by molar-refractivity contribution is 5.97. The van der Waals surface area contributed by atoms with Gasteiger partial charge < -0.3 is 20.1 Å². The summed E-state index contributed by atoms with van der Waals surface area (Å²) in [6.45, 7) is 8.28. The van der Waals surface area contributed by atoms with Crippen LogP contribution in [0.3, 0.4) is 0 Å². The molecule has 1 aromatic carbocycles. The lowest BCUT2D eigenvalue weighted by Crippen LogP contribution is -2.53. The van der Waals surface area contributed by atoms with E-state index >= 15 is 0 Å². The fraction of sp³-hybridized carbons (Fsp3) is 0.522. The minimum absolute atomic E-state index is 0.206. The summed E-state index contributed by atoms with van der Waals surface area (Å²) >= 11 is 0. The van der Waals surface area contributed by atoms with Crippen molar-refractivity contribution >= 4 is 11.8 Å². The van der Waals surface area contributed by atoms with Gasteiger partial charge in [-0.25, -0.2) is 4.98 Å². The number of nitrogens with one attached hydrogen (secondary N) is 2. The molecule has 0 spiro atoms. The van der Waals surface area contributed by atoms with Crippen molar-refractivity contribution in [2.45, 2.75) is 52.7 Å². The van der Waals surface area contributed by atoms with Gasteiger partial charge in [0.1, 0.15) is 11.9 Å². The number of aromatic nitrogens is 2. The van der Waals surface area contributed by atoms with Crippen LogP contribution in [0.5, 0.6) is 0 Å². The van der Waals surface area contributed by atoms with Crippen molar-refractivity contribution < 1.29 is 9.59 Å². The third-order valence-electron chi connectivity index (χ3n) is 5.56. The second-order valence-corrected chi connectivity index (χ2v) is 9.12. The van der Waals surface area contributed by atoms with E-state index in [9.17, 15) is 9.59 Å². The zero-order valence-electron chi connectivity index (χ0n) is 18.7. The molecular formula is C23H33N5O2. The third-order valence-corrected chi connectivity index (χ3v) is 5.56. The number of rotatable bonds is 5. The molecule has 0 saturated carbocycles. The Kier molecular flexibility index (Phi) is 6.61. The van der Waals surface area contributed by atoms with Crippen molar-refractivity contribution in [2.24, 2.45) is 5.41 Å². The number of nitrogens with zero attached hydrogens (tertiary/aromatic N) is 3. The van der Waals surface area contributed by atoms with Crippen LogP contribution in [0.4, 0.5) is 0 Å². The topological polar surface area (TPSA) is 79.3 Å². The molecular weight excluding hydrogens is 378 g/mol. The Balaban J connectivity index is 1.97. The maximum absolute atomic E-state index is 13.3. The lowest BCUT2D eigenvalue weighted by Gasteiger charge is -2.29. The SMILES string of the molecule is CNC(=O)C(NC(=O)c1nc(Cc2ccccc2)n2c1CN(C)CCC2)C(C)(C)C. The first-order valence-corrected chi connectivity index (χ1v) is 10.5. The molecule has 0 radical (unpaired) electrons. The molecule has 7 heteroatoms. The minimum Gasteiger partial charge on any atom is -0.357 e. The Bertz CT molecular complexity index is 898. The molecule has 3 rings (SSSR count). The molecule has 2 N–H and O–H groups in total. The molecule has 7 nitrogen and oxygen atoms in total. The van der Waals surface area contributed by atoms with Crippen molar-refractivity contribution in [3.8, 4) is 0 Å². The standard InChI is InChI=1S/C23H33N5O2/c1-23(2,3)20(22(30)24-4)26-21(29)19-17-15-27(5)12-9-13-28(17)18(25-19)14-16-10-7-6-8-11-16/h6-8,10-11,20H,9,12-15H2,1-5H3,(H,24,30)(H,26,29). The van der Waals surface area contributed by atoms with E-state index in [1.807, 2.05) is 39.0 Å². The number of carbonyl (C=O) groups excluding carboxylic acids is 2. The van der Waals surface area contributed by atoms with Crippen LogP contribution in [-0.4, -0.2) is 52.9 Å². The van der Waals surface area contributed by atoms with Gasteiger partial charge in [0, 0.05) is 26.6 Å². The van der Waals surface area contributed by atoms with E-state index in [-0.39, 0.29) is 11.8 Å². The van der Waals surface area contributed by atoms with Crippen molar-refractivity contribution in [3.05, 3.63) is 53.1 Å². The molecule has 0 fully saturated rings. The quantitative estimate of drug-likeness (QED) is 0.791. The highest BCUT2D eigenvalue weighted by Gasteiger charge is 2.34. The van der Waals surface area contributed by atoms with Crippen LogP contribution in [-0.2, 0) is 24.3 Å². The lowest BCUT2D eigenvalue weighted by molar-refractivity contribution is -0.124. The number of hydrogen-bond acceptors (Lipinski definition) is 4. The van der Waals surface area contributed by atoms with Crippen molar-refractivity contribution in [2.75, 3.05) is 20.6 Å². The molecule has 30 heavy (non-hydrogen) atoms. The Morgan fingerprint density at radius 1 is 1.17 bits per heavy atom. The molecule has 1 atom stereocenters. The molecule has 1 unspecified atom stereocenters. The van der Waals surface area contributed by atoms with Crippen molar-refractivity contribution in [1.82, 2.24) is 25.1 Å². The summed E-state index contributed by atoms with van der Waals surface area (Å²) in [6, 6.07) is 9.53. The fourth-order valence-electron chi connectivity index (χ4n) is 3.91. The Labute approximate surface area is 178 Å². The number of carbonyl (C=O) groups is 2. The predicted molar refractivity (Wildman–Crippen MR) is 117 cm³/mol. The van der Waals surface area contributed by atoms with Gasteiger partial charge in [0.15, 0.2) is 5.69 Å². The molecule has 1 aliphatic heterocycles. The number of fused-ring (bicyclic) bond motifs is 1.